The van der Waals surface area contributed by atoms with Gasteiger partial charge in [0.25, 0.3) is 11.8 Å². The van der Waals surface area contributed by atoms with Gasteiger partial charge in [-0.1, -0.05) is 86.9 Å². The summed E-state index contributed by atoms with van der Waals surface area (Å²) >= 11 is 7.51. The highest BCUT2D eigenvalue weighted by Crippen LogP contribution is 2.32. The van der Waals surface area contributed by atoms with Crippen LogP contribution >= 0.6 is 22.9 Å². The lowest BCUT2D eigenvalue weighted by atomic mass is 9.82. The third kappa shape index (κ3) is 18.6. The number of aromatic nitrogens is 3. The first-order valence-corrected chi connectivity index (χ1v) is 28.6. The number of amides is 4. The lowest BCUT2D eigenvalue weighted by Gasteiger charge is -2.35. The molecule has 0 saturated carbocycles. The van der Waals surface area contributed by atoms with Crippen LogP contribution in [-0.2, 0) is 33.3 Å². The summed E-state index contributed by atoms with van der Waals surface area (Å²) in [5.74, 6) is -0.822. The Morgan fingerprint density at radius 3 is 2.40 bits per heavy atom. The molecule has 440 valence electrons. The number of nitrogens with one attached hydrogen (secondary N) is 5. The standard InChI is InChI=1S/C57H78ClN11O11S/c1-33-27-39-49(42(70)30-41(51(39)72)65-53(73)35(3)16-14-18-43(77-7)52(80-55(59)75)37(5)29-36(4)50(71)44(28-33)78-8)60-19-11-9-10-12-20-61-57(76)79-26-25-68-21-23-69(24-22-68)47-31-46(63-38(6)64-47)66-56-62-32-45(81-56)54(74)67-48-34(2)15-13-17-40(48)58/h13-18,30-33,36-37,43-44,50,52,60,71H,9-12,19-29H2,1-8H3,(H2,59,75)(H,61,76)(H,65,73)(H,67,74)(H,62,63,64,66)/b18-14-,35-16+/t33-,36+,37?,43+,44+,50+,52+/m1/s1. The number of primary amides is 1. The molecular weight excluding hydrogens is 1080 g/mol. The maximum absolute atomic E-state index is 14.1. The van der Waals surface area contributed by atoms with Gasteiger partial charge in [-0.2, -0.15) is 0 Å². The Balaban J connectivity index is 0.920. The molecule has 24 heteroatoms. The number of nitrogens with zero attached hydrogens (tertiary/aromatic N) is 5. The van der Waals surface area contributed by atoms with Crippen molar-refractivity contribution in [3.05, 3.63) is 98.6 Å². The average molecular weight is 1160 g/mol. The van der Waals surface area contributed by atoms with Crippen LogP contribution in [0.3, 0.4) is 0 Å². The van der Waals surface area contributed by atoms with Gasteiger partial charge in [0.1, 0.15) is 41.2 Å². The number of fused-ring (bicyclic) bond motifs is 2. The molecule has 8 N–H and O–H groups in total. The minimum atomic E-state index is -0.978. The number of thiazole rings is 1. The number of carbonyl (C=O) groups excluding carboxylic acids is 6. The summed E-state index contributed by atoms with van der Waals surface area (Å²) in [4.78, 5) is 97.2. The summed E-state index contributed by atoms with van der Waals surface area (Å²) in [7, 11) is 2.96. The third-order valence-corrected chi connectivity index (χ3v) is 15.7. The molecule has 22 nitrogen and oxygen atoms in total. The van der Waals surface area contributed by atoms with Gasteiger partial charge in [0, 0.05) is 83.3 Å². The topological polar surface area (TPSA) is 291 Å². The van der Waals surface area contributed by atoms with Gasteiger partial charge in [-0.05, 0) is 82.3 Å². The zero-order valence-electron chi connectivity index (χ0n) is 47.5. The van der Waals surface area contributed by atoms with Crippen molar-refractivity contribution in [2.24, 2.45) is 23.5 Å². The van der Waals surface area contributed by atoms with Crippen LogP contribution in [0, 0.1) is 31.6 Å². The minimum absolute atomic E-state index is 0.147. The number of allylic oxidation sites excluding steroid dienone is 4. The second-order valence-corrected chi connectivity index (χ2v) is 22.3. The van der Waals surface area contributed by atoms with E-state index >= 15 is 0 Å². The highest BCUT2D eigenvalue weighted by atomic mass is 35.5. The van der Waals surface area contributed by atoms with Crippen LogP contribution in [0.25, 0.3) is 0 Å². The summed E-state index contributed by atoms with van der Waals surface area (Å²) in [6.07, 6.45) is 6.64. The van der Waals surface area contributed by atoms with Gasteiger partial charge in [0.15, 0.2) is 5.13 Å². The van der Waals surface area contributed by atoms with Crippen LogP contribution in [-0.4, -0.2) is 152 Å². The van der Waals surface area contributed by atoms with Crippen LogP contribution in [0.5, 0.6) is 0 Å². The number of aliphatic hydroxyl groups excluding tert-OH is 1. The zero-order valence-corrected chi connectivity index (χ0v) is 49.0. The SMILES string of the molecule is CO[C@H]1/C=C\C=C(/C)C(=O)NC2=CC(=O)C(NCCCCCCNC(=O)OCCN3CCN(c4cc(Nc5ncc(C(=O)Nc6c(C)cccc6Cl)s5)nc(C)n4)CC3)=C(C[C@@H](C)C[C@H](OC)[C@@H](O)[C@@H](C)CC(C)[C@@H]1OC(N)=O)C2=O. The molecule has 0 spiro atoms. The number of benzene rings is 1. The molecule has 1 unspecified atom stereocenters. The smallest absolute Gasteiger partial charge is 0.407 e. The van der Waals surface area contributed by atoms with E-state index in [1.165, 1.54) is 37.8 Å². The Bertz CT molecular complexity index is 2810. The Kier molecular flexibility index (Phi) is 24.2. The van der Waals surface area contributed by atoms with Crippen molar-refractivity contribution in [1.29, 1.82) is 0 Å². The number of ether oxygens (including phenoxy) is 4. The van der Waals surface area contributed by atoms with Gasteiger partial charge >= 0.3 is 12.2 Å². The highest BCUT2D eigenvalue weighted by molar-refractivity contribution is 7.17. The number of halogens is 1. The molecule has 6 rings (SSSR count). The number of alkyl carbamates (subject to hydrolysis) is 1. The minimum Gasteiger partial charge on any atom is -0.448 e. The fraction of sp³-hybridized carbons (Fsp3) is 0.526. The van der Waals surface area contributed by atoms with Crippen LogP contribution in [0.4, 0.5) is 32.0 Å². The number of aliphatic hydroxyl groups is 1. The van der Waals surface area contributed by atoms with Crippen molar-refractivity contribution in [1.82, 2.24) is 35.8 Å². The van der Waals surface area contributed by atoms with Gasteiger partial charge in [0.2, 0.25) is 11.6 Å². The van der Waals surface area contributed by atoms with Gasteiger partial charge in [-0.3, -0.25) is 24.1 Å². The van der Waals surface area contributed by atoms with Crippen molar-refractivity contribution in [3.63, 3.8) is 0 Å². The molecule has 1 fully saturated rings. The number of carbonyl (C=O) groups is 6. The molecule has 2 aromatic heterocycles. The van der Waals surface area contributed by atoms with Gasteiger partial charge < -0.3 is 61.3 Å². The summed E-state index contributed by atoms with van der Waals surface area (Å²) in [6.45, 7) is 15.5. The fourth-order valence-electron chi connectivity index (χ4n) is 9.99. The number of Topliss-reactive ketones (excluding diaryl/α,β-unsaturated/α-hetero) is 1. The molecule has 1 saturated heterocycles. The van der Waals surface area contributed by atoms with E-state index in [4.69, 9.17) is 36.3 Å². The fourth-order valence-corrected chi connectivity index (χ4v) is 11.0. The normalized spacial score (nSPS) is 23.6. The molecule has 4 heterocycles. The van der Waals surface area contributed by atoms with E-state index in [1.807, 2.05) is 52.8 Å². The quantitative estimate of drug-likeness (QED) is 0.0467. The van der Waals surface area contributed by atoms with Crippen LogP contribution in [0.1, 0.15) is 93.7 Å². The van der Waals surface area contributed by atoms with Crippen molar-refractivity contribution >= 4 is 81.0 Å². The van der Waals surface area contributed by atoms with E-state index < -0.39 is 54.1 Å². The molecule has 3 aliphatic rings. The molecule has 2 aliphatic heterocycles. The number of para-hydroxylation sites is 1. The first-order chi connectivity index (χ1) is 38.7. The summed E-state index contributed by atoms with van der Waals surface area (Å²) in [5.41, 5.74) is 7.35. The number of hydrogen-bond donors (Lipinski definition) is 7. The number of nitrogens with two attached hydrogens (primary N) is 1. The van der Waals surface area contributed by atoms with E-state index in [-0.39, 0.29) is 59.2 Å². The molecule has 3 aromatic rings. The second kappa shape index (κ2) is 30.9. The molecule has 2 bridgehead atoms. The van der Waals surface area contributed by atoms with Crippen LogP contribution in [0.2, 0.25) is 5.02 Å². The number of ketones is 2. The largest absolute Gasteiger partial charge is 0.448 e. The van der Waals surface area contributed by atoms with Crippen molar-refractivity contribution in [2.75, 3.05) is 82.2 Å². The first-order valence-electron chi connectivity index (χ1n) is 27.4. The zero-order chi connectivity index (χ0) is 58.8. The number of methoxy groups -OCH3 is 2. The number of rotatable bonds is 19. The van der Waals surface area contributed by atoms with Gasteiger partial charge in [-0.15, -0.1) is 0 Å². The Hall–Kier alpha value is -6.76. The van der Waals surface area contributed by atoms with Crippen molar-refractivity contribution < 1.29 is 52.8 Å². The van der Waals surface area contributed by atoms with Crippen LogP contribution < -0.4 is 37.2 Å². The first kappa shape index (κ1) is 63.4. The van der Waals surface area contributed by atoms with E-state index in [9.17, 15) is 33.9 Å². The predicted octanol–water partition coefficient (Wildman–Crippen LogP) is 7.05. The van der Waals surface area contributed by atoms with Gasteiger partial charge in [-0.25, -0.2) is 24.5 Å². The van der Waals surface area contributed by atoms with Crippen molar-refractivity contribution in [3.8, 4) is 0 Å². The number of anilines is 4. The monoisotopic (exact) mass is 1160 g/mol. The molecule has 7 atom stereocenters. The lowest BCUT2D eigenvalue weighted by Crippen LogP contribution is -2.47. The summed E-state index contributed by atoms with van der Waals surface area (Å²) < 4.78 is 22.5. The van der Waals surface area contributed by atoms with E-state index in [0.717, 1.165) is 43.4 Å². The number of unbranched alkanes of at least 4 members (excludes halogenated alkanes) is 3. The third-order valence-electron chi connectivity index (χ3n) is 14.5. The highest BCUT2D eigenvalue weighted by Gasteiger charge is 2.36. The maximum Gasteiger partial charge on any atom is 0.407 e. The van der Waals surface area contributed by atoms with E-state index in [2.05, 4.69) is 51.3 Å². The molecule has 81 heavy (non-hydrogen) atoms. The average Bonchev–Trinajstić information content (AvgIpc) is 3.94. The predicted molar refractivity (Wildman–Crippen MR) is 310 cm³/mol. The summed E-state index contributed by atoms with van der Waals surface area (Å²) in [5, 5.41) is 27.3. The lowest BCUT2D eigenvalue weighted by molar-refractivity contribution is -0.120. The molecular formula is C57H78ClN11O11S. The van der Waals surface area contributed by atoms with E-state index in [0.29, 0.717) is 90.8 Å². The Labute approximate surface area is 482 Å². The number of piperazine rings is 1. The molecule has 1 aliphatic carbocycles. The number of hydrogen-bond acceptors (Lipinski definition) is 19. The Morgan fingerprint density at radius 1 is 0.951 bits per heavy atom. The molecule has 1 aromatic carbocycles. The van der Waals surface area contributed by atoms with Crippen LogP contribution in [0.15, 0.2) is 77.3 Å². The van der Waals surface area contributed by atoms with Gasteiger partial charge in [0.05, 0.1) is 40.5 Å². The Morgan fingerprint density at radius 2 is 1.69 bits per heavy atom. The molecule has 0 radical (unpaired) electrons. The second-order valence-electron chi connectivity index (χ2n) is 20.8. The van der Waals surface area contributed by atoms with Crippen molar-refractivity contribution in [2.45, 2.75) is 111 Å². The maximum atomic E-state index is 14.1. The number of aryl methyl sites for hydroxylation is 2. The molecule has 4 amide bonds. The van der Waals surface area contributed by atoms with E-state index in [1.54, 1.807) is 25.1 Å². The summed E-state index contributed by atoms with van der Waals surface area (Å²) in [6, 6.07) is 7.28.